The summed E-state index contributed by atoms with van der Waals surface area (Å²) in [4.78, 5) is 14.0. The summed E-state index contributed by atoms with van der Waals surface area (Å²) in [6.07, 6.45) is 2.31. The van der Waals surface area contributed by atoms with E-state index in [2.05, 4.69) is 34.7 Å². The Bertz CT molecular complexity index is 879. The molecule has 3 unspecified atom stereocenters. The zero-order chi connectivity index (χ0) is 23.6. The average Bonchev–Trinajstić information content (AvgIpc) is 2.83. The Morgan fingerprint density at radius 2 is 2.06 bits per heavy atom. The maximum absolute atomic E-state index is 13.6. The van der Waals surface area contributed by atoms with E-state index in [4.69, 9.17) is 14.2 Å². The highest BCUT2D eigenvalue weighted by Crippen LogP contribution is 2.24. The Morgan fingerprint density at radius 1 is 1.27 bits per heavy atom. The van der Waals surface area contributed by atoms with Crippen LogP contribution in [0.1, 0.15) is 43.9 Å². The number of unbranched alkanes of at least 4 members (excludes halogenated alkanes) is 1. The number of morpholine rings is 1. The first kappa shape index (κ1) is 25.7. The van der Waals surface area contributed by atoms with Gasteiger partial charge in [-0.05, 0) is 55.2 Å². The van der Waals surface area contributed by atoms with E-state index in [-0.39, 0.29) is 28.8 Å². The van der Waals surface area contributed by atoms with Crippen molar-refractivity contribution in [2.75, 3.05) is 32.9 Å². The molecule has 1 saturated heterocycles. The highest BCUT2D eigenvalue weighted by atomic mass is 79.9. The number of carbonyl (C=O) groups excluding carboxylic acids is 1. The van der Waals surface area contributed by atoms with Crippen molar-refractivity contribution in [1.82, 2.24) is 4.90 Å². The monoisotopic (exact) mass is 521 g/mol. The molecule has 0 spiro atoms. The van der Waals surface area contributed by atoms with Crippen molar-refractivity contribution in [3.63, 3.8) is 0 Å². The van der Waals surface area contributed by atoms with E-state index < -0.39 is 0 Å². The number of benzene rings is 2. The number of rotatable bonds is 11. The summed E-state index contributed by atoms with van der Waals surface area (Å²) >= 11 is 3.43. The molecule has 5 nitrogen and oxygen atoms in total. The lowest BCUT2D eigenvalue weighted by molar-refractivity contribution is -0.142. The van der Waals surface area contributed by atoms with Crippen LogP contribution in [0.15, 0.2) is 48.5 Å². The van der Waals surface area contributed by atoms with Gasteiger partial charge in [-0.1, -0.05) is 53.5 Å². The SMILES string of the molecule is CCCCOC(=O)C(Br)Cc1ccc(OCC(C)N2CCOC(c3cccc(F)c3)C2)cc1. The van der Waals surface area contributed by atoms with Gasteiger partial charge in [0.1, 0.15) is 23.0 Å². The Balaban J connectivity index is 1.45. The first-order valence-corrected chi connectivity index (χ1v) is 12.5. The summed E-state index contributed by atoms with van der Waals surface area (Å²) in [5, 5.41) is 0. The van der Waals surface area contributed by atoms with Gasteiger partial charge >= 0.3 is 5.97 Å². The Labute approximate surface area is 204 Å². The van der Waals surface area contributed by atoms with Crippen LogP contribution < -0.4 is 4.74 Å². The minimum atomic E-state index is -0.353. The van der Waals surface area contributed by atoms with Gasteiger partial charge in [0.15, 0.2) is 0 Å². The second-order valence-corrected chi connectivity index (χ2v) is 9.51. The van der Waals surface area contributed by atoms with Crippen LogP contribution in [0.3, 0.4) is 0 Å². The first-order valence-electron chi connectivity index (χ1n) is 11.6. The predicted octanol–water partition coefficient (Wildman–Crippen LogP) is 5.32. The minimum Gasteiger partial charge on any atom is -0.492 e. The topological polar surface area (TPSA) is 48.0 Å². The molecule has 3 rings (SSSR count). The molecule has 2 aromatic carbocycles. The standard InChI is InChI=1S/C26H33BrFNO4/c1-3-4-13-32-26(30)24(27)15-20-8-10-23(11-9-20)33-18-19(2)29-12-14-31-25(17-29)21-6-5-7-22(28)16-21/h5-11,16,19,24-25H,3-4,12-15,17-18H2,1-2H3. The highest BCUT2D eigenvalue weighted by molar-refractivity contribution is 9.10. The van der Waals surface area contributed by atoms with E-state index in [1.54, 1.807) is 12.1 Å². The fourth-order valence-electron chi connectivity index (χ4n) is 3.72. The molecule has 3 atom stereocenters. The lowest BCUT2D eigenvalue weighted by Gasteiger charge is -2.36. The van der Waals surface area contributed by atoms with Crippen LogP contribution >= 0.6 is 15.9 Å². The number of halogens is 2. The maximum atomic E-state index is 13.6. The number of hydrogen-bond donors (Lipinski definition) is 0. The molecule has 1 aliphatic rings. The molecule has 180 valence electrons. The summed E-state index contributed by atoms with van der Waals surface area (Å²) in [6.45, 7) is 7.32. The van der Waals surface area contributed by atoms with Gasteiger partial charge < -0.3 is 14.2 Å². The normalized spacial score (nSPS) is 18.5. The minimum absolute atomic E-state index is 0.137. The molecule has 2 aromatic rings. The van der Waals surface area contributed by atoms with Gasteiger partial charge in [0, 0.05) is 19.1 Å². The Morgan fingerprint density at radius 3 is 2.79 bits per heavy atom. The Kier molecular flexibility index (Phi) is 10.2. The number of alkyl halides is 1. The highest BCUT2D eigenvalue weighted by Gasteiger charge is 2.26. The van der Waals surface area contributed by atoms with E-state index >= 15 is 0 Å². The zero-order valence-electron chi connectivity index (χ0n) is 19.3. The van der Waals surface area contributed by atoms with Gasteiger partial charge in [-0.3, -0.25) is 9.69 Å². The summed E-state index contributed by atoms with van der Waals surface area (Å²) in [5.41, 5.74) is 1.90. The van der Waals surface area contributed by atoms with Gasteiger partial charge in [0.25, 0.3) is 0 Å². The number of ether oxygens (including phenoxy) is 3. The molecule has 7 heteroatoms. The number of esters is 1. The van der Waals surface area contributed by atoms with Gasteiger partial charge in [0.2, 0.25) is 0 Å². The Hall–Kier alpha value is -1.96. The first-order chi connectivity index (χ1) is 16.0. The molecule has 1 fully saturated rings. The zero-order valence-corrected chi connectivity index (χ0v) is 20.9. The van der Waals surface area contributed by atoms with Crippen molar-refractivity contribution in [2.45, 2.75) is 50.1 Å². The summed E-state index contributed by atoms with van der Waals surface area (Å²) in [6, 6.07) is 14.6. The van der Waals surface area contributed by atoms with Crippen molar-refractivity contribution in [2.24, 2.45) is 0 Å². The average molecular weight is 522 g/mol. The largest absolute Gasteiger partial charge is 0.492 e. The molecule has 0 radical (unpaired) electrons. The van der Waals surface area contributed by atoms with Gasteiger partial charge in [0.05, 0.1) is 19.3 Å². The van der Waals surface area contributed by atoms with Gasteiger partial charge in [-0.25, -0.2) is 4.39 Å². The van der Waals surface area contributed by atoms with Crippen molar-refractivity contribution in [1.29, 1.82) is 0 Å². The quantitative estimate of drug-likeness (QED) is 0.227. The number of hydrogen-bond acceptors (Lipinski definition) is 5. The molecule has 0 bridgehead atoms. The van der Waals surface area contributed by atoms with Crippen LogP contribution in [0.2, 0.25) is 0 Å². The van der Waals surface area contributed by atoms with Crippen LogP contribution in [-0.2, 0) is 20.7 Å². The summed E-state index contributed by atoms with van der Waals surface area (Å²) < 4.78 is 30.7. The molecule has 1 aliphatic heterocycles. The van der Waals surface area contributed by atoms with Crippen LogP contribution in [0.5, 0.6) is 5.75 Å². The lowest BCUT2D eigenvalue weighted by Crippen LogP contribution is -2.45. The van der Waals surface area contributed by atoms with Crippen molar-refractivity contribution in [3.8, 4) is 5.75 Å². The van der Waals surface area contributed by atoms with E-state index in [0.29, 0.717) is 32.8 Å². The molecule has 0 amide bonds. The van der Waals surface area contributed by atoms with E-state index in [0.717, 1.165) is 36.3 Å². The van der Waals surface area contributed by atoms with E-state index in [1.807, 2.05) is 30.3 Å². The van der Waals surface area contributed by atoms with Crippen LogP contribution in [0.25, 0.3) is 0 Å². The van der Waals surface area contributed by atoms with E-state index in [9.17, 15) is 9.18 Å². The smallest absolute Gasteiger partial charge is 0.320 e. The fraction of sp³-hybridized carbons (Fsp3) is 0.500. The fourth-order valence-corrected chi connectivity index (χ4v) is 4.23. The molecule has 1 heterocycles. The second kappa shape index (κ2) is 13.1. The van der Waals surface area contributed by atoms with Crippen LogP contribution in [-0.4, -0.2) is 54.6 Å². The maximum Gasteiger partial charge on any atom is 0.320 e. The van der Waals surface area contributed by atoms with Crippen molar-refractivity contribution in [3.05, 3.63) is 65.5 Å². The van der Waals surface area contributed by atoms with Gasteiger partial charge in [-0.15, -0.1) is 0 Å². The van der Waals surface area contributed by atoms with Crippen LogP contribution in [0, 0.1) is 5.82 Å². The summed E-state index contributed by atoms with van der Waals surface area (Å²) in [7, 11) is 0. The predicted molar refractivity (Wildman–Crippen MR) is 130 cm³/mol. The third kappa shape index (κ3) is 8.09. The van der Waals surface area contributed by atoms with E-state index in [1.165, 1.54) is 6.07 Å². The lowest BCUT2D eigenvalue weighted by atomic mass is 10.1. The summed E-state index contributed by atoms with van der Waals surface area (Å²) in [5.74, 6) is 0.324. The van der Waals surface area contributed by atoms with Crippen molar-refractivity contribution >= 4 is 21.9 Å². The third-order valence-corrected chi connectivity index (χ3v) is 6.47. The third-order valence-electron chi connectivity index (χ3n) is 5.77. The molecular weight excluding hydrogens is 489 g/mol. The second-order valence-electron chi connectivity index (χ2n) is 8.41. The number of carbonyl (C=O) groups is 1. The van der Waals surface area contributed by atoms with Gasteiger partial charge in [-0.2, -0.15) is 0 Å². The molecule has 33 heavy (non-hydrogen) atoms. The number of nitrogens with zero attached hydrogens (tertiary/aromatic N) is 1. The van der Waals surface area contributed by atoms with Crippen LogP contribution in [0.4, 0.5) is 4.39 Å². The molecule has 0 aromatic heterocycles. The molecule has 0 N–H and O–H groups in total. The molecular formula is C26H33BrFNO4. The molecule has 0 aliphatic carbocycles. The van der Waals surface area contributed by atoms with Crippen molar-refractivity contribution < 1.29 is 23.4 Å². The molecule has 0 saturated carbocycles.